The molecule has 0 radical (unpaired) electrons. The van der Waals surface area contributed by atoms with E-state index in [-0.39, 0.29) is 11.1 Å². The Kier molecular flexibility index (Phi) is 4.27. The molecule has 2 aromatic rings. The molecule has 1 fully saturated rings. The molecule has 1 atom stereocenters. The molecule has 1 aliphatic heterocycles. The highest BCUT2D eigenvalue weighted by Gasteiger charge is 2.50. The van der Waals surface area contributed by atoms with E-state index in [9.17, 15) is 27.6 Å². The first-order valence-electron chi connectivity index (χ1n) is 7.61. The zero-order valence-corrected chi connectivity index (χ0v) is 13.6. The molecule has 1 heterocycles. The maximum absolute atomic E-state index is 14.1. The molecule has 1 aliphatic rings. The van der Waals surface area contributed by atoms with Crippen molar-refractivity contribution in [3.8, 4) is 0 Å². The van der Waals surface area contributed by atoms with Crippen LogP contribution < -0.4 is 5.32 Å². The topological polar surface area (TPSA) is 66.5 Å². The van der Waals surface area contributed by atoms with Crippen molar-refractivity contribution in [2.75, 3.05) is 6.54 Å². The monoisotopic (exact) mass is 362 g/mol. The third-order valence-corrected chi connectivity index (χ3v) is 4.19. The molecule has 0 saturated carbocycles. The van der Waals surface area contributed by atoms with Crippen LogP contribution in [0.5, 0.6) is 0 Å². The number of benzene rings is 2. The van der Waals surface area contributed by atoms with Gasteiger partial charge in [-0.1, -0.05) is 12.1 Å². The van der Waals surface area contributed by atoms with Crippen LogP contribution >= 0.6 is 0 Å². The molecule has 5 nitrogen and oxygen atoms in total. The molecule has 0 unspecified atom stereocenters. The molecular weight excluding hydrogens is 349 g/mol. The van der Waals surface area contributed by atoms with Crippen molar-refractivity contribution in [3.63, 3.8) is 0 Å². The Balaban J connectivity index is 1.89. The predicted octanol–water partition coefficient (Wildman–Crippen LogP) is 2.75. The van der Waals surface area contributed by atoms with Crippen LogP contribution in [0.3, 0.4) is 0 Å². The van der Waals surface area contributed by atoms with Crippen molar-refractivity contribution in [1.29, 1.82) is 0 Å². The normalized spacial score (nSPS) is 19.6. The molecule has 3 amide bonds. The molecule has 0 aromatic heterocycles. The molecule has 8 heteroatoms. The average Bonchev–Trinajstić information content (AvgIpc) is 2.81. The predicted molar refractivity (Wildman–Crippen MR) is 84.7 cm³/mol. The third kappa shape index (κ3) is 2.94. The summed E-state index contributed by atoms with van der Waals surface area (Å²) < 4.78 is 40.8. The Hall–Kier alpha value is -3.16. The molecule has 0 spiro atoms. The third-order valence-electron chi connectivity index (χ3n) is 4.19. The van der Waals surface area contributed by atoms with E-state index in [1.807, 2.05) is 0 Å². The highest BCUT2D eigenvalue weighted by Crippen LogP contribution is 2.31. The van der Waals surface area contributed by atoms with Crippen molar-refractivity contribution < 1.29 is 27.6 Å². The minimum atomic E-state index is -1.86. The molecule has 1 saturated heterocycles. The van der Waals surface area contributed by atoms with Gasteiger partial charge >= 0.3 is 6.03 Å². The van der Waals surface area contributed by atoms with Crippen molar-refractivity contribution in [2.45, 2.75) is 12.5 Å². The minimum Gasteiger partial charge on any atom is -0.319 e. The summed E-state index contributed by atoms with van der Waals surface area (Å²) in [6.45, 7) is 0.568. The zero-order chi connectivity index (χ0) is 19.1. The zero-order valence-electron chi connectivity index (χ0n) is 13.6. The fourth-order valence-electron chi connectivity index (χ4n) is 2.80. The molecule has 0 bridgehead atoms. The van der Waals surface area contributed by atoms with Gasteiger partial charge in [0, 0.05) is 11.1 Å². The minimum absolute atomic E-state index is 0.0175. The van der Waals surface area contributed by atoms with Crippen LogP contribution in [-0.4, -0.2) is 29.2 Å². The van der Waals surface area contributed by atoms with Crippen LogP contribution in [0.2, 0.25) is 0 Å². The highest BCUT2D eigenvalue weighted by molar-refractivity contribution is 6.11. The van der Waals surface area contributed by atoms with E-state index < -0.39 is 47.3 Å². The highest BCUT2D eigenvalue weighted by atomic mass is 19.1. The molecule has 1 N–H and O–H groups in total. The summed E-state index contributed by atoms with van der Waals surface area (Å²) in [5.74, 6) is -3.87. The van der Waals surface area contributed by atoms with Crippen molar-refractivity contribution in [1.82, 2.24) is 10.2 Å². The van der Waals surface area contributed by atoms with Gasteiger partial charge in [0.2, 0.25) is 0 Å². The Labute approximate surface area is 146 Å². The van der Waals surface area contributed by atoms with E-state index >= 15 is 0 Å². The number of ketones is 1. The van der Waals surface area contributed by atoms with E-state index in [4.69, 9.17) is 0 Å². The summed E-state index contributed by atoms with van der Waals surface area (Å²) in [6, 6.07) is 6.40. The van der Waals surface area contributed by atoms with Crippen LogP contribution in [-0.2, 0) is 10.3 Å². The Morgan fingerprint density at radius 2 is 1.77 bits per heavy atom. The van der Waals surface area contributed by atoms with Gasteiger partial charge in [0.05, 0.1) is 6.54 Å². The SMILES string of the molecule is C[C@@]1(c2cc(F)ccc2F)NC(=O)N(CC(=O)c2cccc(F)c2)C1=O. The summed E-state index contributed by atoms with van der Waals surface area (Å²) in [5, 5.41) is 2.29. The maximum atomic E-state index is 14.1. The van der Waals surface area contributed by atoms with E-state index in [0.717, 1.165) is 30.3 Å². The van der Waals surface area contributed by atoms with Gasteiger partial charge in [0.1, 0.15) is 23.0 Å². The maximum Gasteiger partial charge on any atom is 0.325 e. The second kappa shape index (κ2) is 6.29. The smallest absolute Gasteiger partial charge is 0.319 e. The number of carbonyl (C=O) groups is 3. The molecule has 3 rings (SSSR count). The standard InChI is InChI=1S/C18H13F3N2O3/c1-18(13-8-12(20)5-6-14(13)21)16(25)23(17(26)22-18)9-15(24)10-3-2-4-11(19)7-10/h2-8H,9H2,1H3,(H,22,26)/t18-/m0/s1. The van der Waals surface area contributed by atoms with Gasteiger partial charge in [-0.25, -0.2) is 18.0 Å². The second-order valence-electron chi connectivity index (χ2n) is 6.00. The number of hydrogen-bond acceptors (Lipinski definition) is 3. The molecule has 2 aromatic carbocycles. The molecule has 26 heavy (non-hydrogen) atoms. The van der Waals surface area contributed by atoms with Crippen LogP contribution in [0.25, 0.3) is 0 Å². The van der Waals surface area contributed by atoms with E-state index in [2.05, 4.69) is 5.32 Å². The first-order valence-corrected chi connectivity index (χ1v) is 7.61. The van der Waals surface area contributed by atoms with Crippen LogP contribution in [0, 0.1) is 17.5 Å². The quantitative estimate of drug-likeness (QED) is 0.672. The summed E-state index contributed by atoms with van der Waals surface area (Å²) in [6.07, 6.45) is 0. The number of rotatable bonds is 4. The number of nitrogens with zero attached hydrogens (tertiary/aromatic N) is 1. The number of urea groups is 1. The molecular formula is C18H13F3N2O3. The van der Waals surface area contributed by atoms with Crippen molar-refractivity contribution >= 4 is 17.7 Å². The Bertz CT molecular complexity index is 932. The lowest BCUT2D eigenvalue weighted by Gasteiger charge is -2.22. The summed E-state index contributed by atoms with van der Waals surface area (Å²) in [5.41, 5.74) is -2.22. The second-order valence-corrected chi connectivity index (χ2v) is 6.00. The summed E-state index contributed by atoms with van der Waals surface area (Å²) in [4.78, 5) is 37.7. The first kappa shape index (κ1) is 17.7. The summed E-state index contributed by atoms with van der Waals surface area (Å²) >= 11 is 0. The van der Waals surface area contributed by atoms with Crippen molar-refractivity contribution in [2.24, 2.45) is 0 Å². The van der Waals surface area contributed by atoms with Gasteiger partial charge in [0.25, 0.3) is 5.91 Å². The number of hydrogen-bond donors (Lipinski definition) is 1. The summed E-state index contributed by atoms with van der Waals surface area (Å²) in [7, 11) is 0. The lowest BCUT2D eigenvalue weighted by molar-refractivity contribution is -0.130. The largest absolute Gasteiger partial charge is 0.325 e. The first-order chi connectivity index (χ1) is 12.2. The van der Waals surface area contributed by atoms with E-state index in [0.29, 0.717) is 4.90 Å². The molecule has 0 aliphatic carbocycles. The van der Waals surface area contributed by atoms with Gasteiger partial charge < -0.3 is 5.32 Å². The number of nitrogens with one attached hydrogen (secondary N) is 1. The van der Waals surface area contributed by atoms with E-state index in [1.165, 1.54) is 19.1 Å². The Morgan fingerprint density at radius 3 is 2.46 bits per heavy atom. The van der Waals surface area contributed by atoms with Gasteiger partial charge in [0.15, 0.2) is 5.78 Å². The number of carbonyl (C=O) groups excluding carboxylic acids is 3. The molecule has 134 valence electrons. The van der Waals surface area contributed by atoms with Crippen molar-refractivity contribution in [3.05, 3.63) is 71.0 Å². The fourth-order valence-corrected chi connectivity index (χ4v) is 2.80. The van der Waals surface area contributed by atoms with E-state index in [1.54, 1.807) is 0 Å². The Morgan fingerprint density at radius 1 is 1.08 bits per heavy atom. The number of Topliss-reactive ketones (excluding diaryl/α,β-unsaturated/α-hetero) is 1. The van der Waals surface area contributed by atoms with Gasteiger partial charge in [-0.3, -0.25) is 14.5 Å². The van der Waals surface area contributed by atoms with Crippen LogP contribution in [0.15, 0.2) is 42.5 Å². The lowest BCUT2D eigenvalue weighted by Crippen LogP contribution is -2.42. The van der Waals surface area contributed by atoms with Crippen LogP contribution in [0.4, 0.5) is 18.0 Å². The number of amides is 3. The average molecular weight is 362 g/mol. The van der Waals surface area contributed by atoms with Gasteiger partial charge in [-0.2, -0.15) is 0 Å². The van der Waals surface area contributed by atoms with Crippen LogP contribution in [0.1, 0.15) is 22.8 Å². The fraction of sp³-hybridized carbons (Fsp3) is 0.167. The number of halogens is 3. The van der Waals surface area contributed by atoms with Gasteiger partial charge in [-0.05, 0) is 37.3 Å². The lowest BCUT2D eigenvalue weighted by atomic mass is 9.91. The van der Waals surface area contributed by atoms with Gasteiger partial charge in [-0.15, -0.1) is 0 Å². The number of imide groups is 1.